The van der Waals surface area contributed by atoms with Crippen molar-refractivity contribution in [3.63, 3.8) is 0 Å². The number of hydrogen-bond donors (Lipinski definition) is 1. The quantitative estimate of drug-likeness (QED) is 0.714. The van der Waals surface area contributed by atoms with Gasteiger partial charge in [-0.05, 0) is 12.5 Å². The summed E-state index contributed by atoms with van der Waals surface area (Å²) in [5.41, 5.74) is 2.16. The molecule has 1 aromatic rings. The van der Waals surface area contributed by atoms with Crippen LogP contribution in [0.5, 0.6) is 0 Å². The van der Waals surface area contributed by atoms with Gasteiger partial charge in [0.1, 0.15) is 0 Å². The van der Waals surface area contributed by atoms with Crippen LogP contribution in [0.3, 0.4) is 0 Å². The first kappa shape index (κ1) is 8.94. The third-order valence-corrected chi connectivity index (χ3v) is 1.72. The molecule has 0 radical (unpaired) electrons. The monoisotopic (exact) mass is 166 g/mol. The SMILES string of the molecule is Cc1ccc(/C(=C\F)CO)cc1. The van der Waals surface area contributed by atoms with Crippen LogP contribution in [0.25, 0.3) is 5.57 Å². The third-order valence-electron chi connectivity index (χ3n) is 1.72. The summed E-state index contributed by atoms with van der Waals surface area (Å²) in [5, 5.41) is 8.74. The number of aryl methyl sites for hydroxylation is 1. The van der Waals surface area contributed by atoms with E-state index < -0.39 is 0 Å². The summed E-state index contributed by atoms with van der Waals surface area (Å²) < 4.78 is 12.1. The van der Waals surface area contributed by atoms with Gasteiger partial charge in [0.25, 0.3) is 0 Å². The lowest BCUT2D eigenvalue weighted by Crippen LogP contribution is -1.89. The third kappa shape index (κ3) is 1.92. The van der Waals surface area contributed by atoms with Gasteiger partial charge in [0, 0.05) is 5.57 Å². The normalized spacial score (nSPS) is 11.8. The summed E-state index contributed by atoms with van der Waals surface area (Å²) in [6.45, 7) is 1.70. The first-order chi connectivity index (χ1) is 5.77. The molecule has 0 amide bonds. The summed E-state index contributed by atoms with van der Waals surface area (Å²) in [7, 11) is 0. The second-order valence-corrected chi connectivity index (χ2v) is 2.66. The molecule has 1 nitrogen and oxygen atoms in total. The van der Waals surface area contributed by atoms with Gasteiger partial charge in [0.15, 0.2) is 0 Å². The summed E-state index contributed by atoms with van der Waals surface area (Å²) in [4.78, 5) is 0. The molecule has 0 fully saturated rings. The number of halogens is 1. The molecule has 2 heteroatoms. The summed E-state index contributed by atoms with van der Waals surface area (Å²) in [6, 6.07) is 7.34. The van der Waals surface area contributed by atoms with E-state index in [1.807, 2.05) is 19.1 Å². The molecular formula is C10H11FO. The minimum atomic E-state index is -0.264. The van der Waals surface area contributed by atoms with E-state index in [4.69, 9.17) is 5.11 Å². The first-order valence-electron chi connectivity index (χ1n) is 3.75. The van der Waals surface area contributed by atoms with E-state index in [-0.39, 0.29) is 6.61 Å². The van der Waals surface area contributed by atoms with Crippen LogP contribution in [0.15, 0.2) is 30.6 Å². The second kappa shape index (κ2) is 4.02. The maximum atomic E-state index is 12.1. The lowest BCUT2D eigenvalue weighted by atomic mass is 10.1. The molecule has 0 aliphatic heterocycles. The van der Waals surface area contributed by atoms with E-state index in [2.05, 4.69) is 0 Å². The van der Waals surface area contributed by atoms with E-state index in [1.165, 1.54) is 0 Å². The lowest BCUT2D eigenvalue weighted by molar-refractivity contribution is 0.348. The fraction of sp³-hybridized carbons (Fsp3) is 0.200. The first-order valence-corrected chi connectivity index (χ1v) is 3.75. The van der Waals surface area contributed by atoms with Crippen LogP contribution < -0.4 is 0 Å². The van der Waals surface area contributed by atoms with Crippen molar-refractivity contribution >= 4 is 5.57 Å². The molecule has 0 unspecified atom stereocenters. The Hall–Kier alpha value is -1.15. The molecular weight excluding hydrogens is 155 g/mol. The molecule has 12 heavy (non-hydrogen) atoms. The zero-order valence-electron chi connectivity index (χ0n) is 6.92. The summed E-state index contributed by atoms with van der Waals surface area (Å²) >= 11 is 0. The fourth-order valence-electron chi connectivity index (χ4n) is 0.956. The molecule has 0 saturated heterocycles. The highest BCUT2D eigenvalue weighted by Crippen LogP contribution is 2.14. The van der Waals surface area contributed by atoms with E-state index in [0.717, 1.165) is 11.1 Å². The average molecular weight is 166 g/mol. The van der Waals surface area contributed by atoms with Crippen molar-refractivity contribution < 1.29 is 9.50 Å². The zero-order valence-corrected chi connectivity index (χ0v) is 6.92. The molecule has 0 spiro atoms. The number of hydrogen-bond acceptors (Lipinski definition) is 1. The molecule has 0 atom stereocenters. The summed E-state index contributed by atoms with van der Waals surface area (Å²) in [6.07, 6.45) is 0.435. The smallest absolute Gasteiger partial charge is 0.0928 e. The highest BCUT2D eigenvalue weighted by atomic mass is 19.1. The Labute approximate surface area is 71.2 Å². The Bertz CT molecular complexity index is 274. The highest BCUT2D eigenvalue weighted by molar-refractivity contribution is 5.65. The van der Waals surface area contributed by atoms with Crippen LogP contribution >= 0.6 is 0 Å². The van der Waals surface area contributed by atoms with Gasteiger partial charge in [-0.2, -0.15) is 0 Å². The second-order valence-electron chi connectivity index (χ2n) is 2.66. The molecule has 0 bridgehead atoms. The molecule has 0 saturated carbocycles. The molecule has 64 valence electrons. The number of aliphatic hydroxyl groups excluding tert-OH is 1. The molecule has 0 heterocycles. The molecule has 1 rings (SSSR count). The van der Waals surface area contributed by atoms with Crippen molar-refractivity contribution in [1.29, 1.82) is 0 Å². The Kier molecular flexibility index (Phi) is 3.00. The maximum Gasteiger partial charge on any atom is 0.0928 e. The van der Waals surface area contributed by atoms with Crippen LogP contribution in [0, 0.1) is 6.92 Å². The van der Waals surface area contributed by atoms with Crippen molar-refractivity contribution in [2.24, 2.45) is 0 Å². The zero-order chi connectivity index (χ0) is 8.97. The highest BCUT2D eigenvalue weighted by Gasteiger charge is 1.98. The number of rotatable bonds is 2. The predicted molar refractivity (Wildman–Crippen MR) is 47.3 cm³/mol. The van der Waals surface area contributed by atoms with Gasteiger partial charge in [-0.3, -0.25) is 0 Å². The van der Waals surface area contributed by atoms with E-state index in [9.17, 15) is 4.39 Å². The Balaban J connectivity index is 2.96. The summed E-state index contributed by atoms with van der Waals surface area (Å²) in [5.74, 6) is 0. The largest absolute Gasteiger partial charge is 0.392 e. The van der Waals surface area contributed by atoms with Gasteiger partial charge in [-0.15, -0.1) is 0 Å². The van der Waals surface area contributed by atoms with Crippen LogP contribution in [-0.2, 0) is 0 Å². The van der Waals surface area contributed by atoms with Gasteiger partial charge in [0.05, 0.1) is 12.9 Å². The van der Waals surface area contributed by atoms with E-state index >= 15 is 0 Å². The Morgan fingerprint density at radius 3 is 2.42 bits per heavy atom. The van der Waals surface area contributed by atoms with Gasteiger partial charge in [-0.25, -0.2) is 4.39 Å². The molecule has 0 aliphatic carbocycles. The van der Waals surface area contributed by atoms with Crippen LogP contribution in [0.1, 0.15) is 11.1 Å². The Morgan fingerprint density at radius 1 is 1.42 bits per heavy atom. The average Bonchev–Trinajstić information content (AvgIpc) is 2.10. The van der Waals surface area contributed by atoms with Crippen LogP contribution in [0.4, 0.5) is 4.39 Å². The van der Waals surface area contributed by atoms with Crippen molar-refractivity contribution in [2.75, 3.05) is 6.61 Å². The standard InChI is InChI=1S/C10H11FO/c1-8-2-4-9(5-3-8)10(6-11)7-12/h2-6,12H,7H2,1H3/b10-6-. The predicted octanol–water partition coefficient (Wildman–Crippen LogP) is 2.30. The van der Waals surface area contributed by atoms with Crippen molar-refractivity contribution in [1.82, 2.24) is 0 Å². The minimum Gasteiger partial charge on any atom is -0.392 e. The van der Waals surface area contributed by atoms with Gasteiger partial charge >= 0.3 is 0 Å². The fourth-order valence-corrected chi connectivity index (χ4v) is 0.956. The van der Waals surface area contributed by atoms with E-state index in [0.29, 0.717) is 11.9 Å². The number of aliphatic hydroxyl groups is 1. The molecule has 1 aromatic carbocycles. The van der Waals surface area contributed by atoms with Gasteiger partial charge in [-0.1, -0.05) is 29.8 Å². The maximum absolute atomic E-state index is 12.1. The van der Waals surface area contributed by atoms with Crippen molar-refractivity contribution in [3.8, 4) is 0 Å². The molecule has 1 N–H and O–H groups in total. The van der Waals surface area contributed by atoms with Crippen LogP contribution in [-0.4, -0.2) is 11.7 Å². The van der Waals surface area contributed by atoms with Crippen LogP contribution in [0.2, 0.25) is 0 Å². The van der Waals surface area contributed by atoms with Crippen molar-refractivity contribution in [2.45, 2.75) is 6.92 Å². The molecule has 0 aliphatic rings. The minimum absolute atomic E-state index is 0.264. The topological polar surface area (TPSA) is 20.2 Å². The number of benzene rings is 1. The Morgan fingerprint density at radius 2 is 2.00 bits per heavy atom. The van der Waals surface area contributed by atoms with Gasteiger partial charge < -0.3 is 5.11 Å². The molecule has 0 aromatic heterocycles. The van der Waals surface area contributed by atoms with Crippen molar-refractivity contribution in [3.05, 3.63) is 41.7 Å². The van der Waals surface area contributed by atoms with Gasteiger partial charge in [0.2, 0.25) is 0 Å². The lowest BCUT2D eigenvalue weighted by Gasteiger charge is -2.01. The van der Waals surface area contributed by atoms with E-state index in [1.54, 1.807) is 12.1 Å².